The number of rotatable bonds is 6. The van der Waals surface area contributed by atoms with Crippen LogP contribution in [0.1, 0.15) is 75.3 Å². The highest BCUT2D eigenvalue weighted by Gasteiger charge is 2.35. The minimum Gasteiger partial charge on any atom is -0.477 e. The minimum atomic E-state index is -1.19. The zero-order valence-electron chi connectivity index (χ0n) is 18.8. The van der Waals surface area contributed by atoms with Gasteiger partial charge in [0.25, 0.3) is 0 Å². The fourth-order valence-electron chi connectivity index (χ4n) is 4.66. The number of pyridine rings is 1. The fraction of sp³-hybridized carbons (Fsp3) is 0.480. The Labute approximate surface area is 182 Å². The standard InChI is InChI=1S/C25H31N3O3/c1-5-6-7-8-10-16-11-9-12-17-22(16)26-28-15-21(25(2,3)4)27-14-18(24(30)31)20(29)13-19(27)23(17)28/h9,11-14,21H,5-8,10,15H2,1-4H3,(H,30,31). The maximum atomic E-state index is 12.6. The first-order valence-corrected chi connectivity index (χ1v) is 11.2. The van der Waals surface area contributed by atoms with Crippen molar-refractivity contribution in [1.29, 1.82) is 0 Å². The van der Waals surface area contributed by atoms with Gasteiger partial charge >= 0.3 is 5.97 Å². The molecule has 0 bridgehead atoms. The molecule has 0 saturated carbocycles. The minimum absolute atomic E-state index is 0.0176. The fourth-order valence-corrected chi connectivity index (χ4v) is 4.66. The molecule has 0 aliphatic carbocycles. The number of aryl methyl sites for hydroxylation is 1. The van der Waals surface area contributed by atoms with Gasteiger partial charge < -0.3 is 9.67 Å². The molecule has 1 aliphatic heterocycles. The van der Waals surface area contributed by atoms with Crippen LogP contribution in [-0.4, -0.2) is 25.4 Å². The molecule has 4 rings (SSSR count). The van der Waals surface area contributed by atoms with Crippen LogP contribution in [-0.2, 0) is 13.0 Å². The summed E-state index contributed by atoms with van der Waals surface area (Å²) in [6.07, 6.45) is 7.31. The maximum Gasteiger partial charge on any atom is 0.341 e. The van der Waals surface area contributed by atoms with E-state index in [1.54, 1.807) is 0 Å². The molecular formula is C25H31N3O3. The molecule has 2 aromatic heterocycles. The smallest absolute Gasteiger partial charge is 0.341 e. The van der Waals surface area contributed by atoms with Crippen LogP contribution in [0.4, 0.5) is 0 Å². The summed E-state index contributed by atoms with van der Waals surface area (Å²) in [4.78, 5) is 24.2. The summed E-state index contributed by atoms with van der Waals surface area (Å²) in [6, 6.07) is 7.72. The van der Waals surface area contributed by atoms with E-state index in [0.717, 1.165) is 35.1 Å². The van der Waals surface area contributed by atoms with Crippen molar-refractivity contribution in [2.24, 2.45) is 5.41 Å². The van der Waals surface area contributed by atoms with E-state index in [2.05, 4.69) is 45.9 Å². The van der Waals surface area contributed by atoms with E-state index < -0.39 is 11.4 Å². The highest BCUT2D eigenvalue weighted by atomic mass is 16.4. The lowest BCUT2D eigenvalue weighted by Gasteiger charge is -2.38. The highest BCUT2D eigenvalue weighted by Crippen LogP contribution is 2.42. The molecule has 6 nitrogen and oxygen atoms in total. The number of benzene rings is 1. The first-order valence-electron chi connectivity index (χ1n) is 11.2. The highest BCUT2D eigenvalue weighted by molar-refractivity contribution is 5.95. The zero-order valence-corrected chi connectivity index (χ0v) is 18.8. The molecular weight excluding hydrogens is 390 g/mol. The van der Waals surface area contributed by atoms with Gasteiger partial charge in [-0.25, -0.2) is 4.79 Å². The van der Waals surface area contributed by atoms with Crippen molar-refractivity contribution in [3.63, 3.8) is 0 Å². The van der Waals surface area contributed by atoms with Gasteiger partial charge in [0.2, 0.25) is 0 Å². The van der Waals surface area contributed by atoms with E-state index in [9.17, 15) is 14.7 Å². The average molecular weight is 422 g/mol. The van der Waals surface area contributed by atoms with E-state index in [1.807, 2.05) is 9.25 Å². The largest absolute Gasteiger partial charge is 0.477 e. The van der Waals surface area contributed by atoms with E-state index in [1.165, 1.54) is 37.1 Å². The lowest BCUT2D eigenvalue weighted by Crippen LogP contribution is -2.35. The molecule has 1 atom stereocenters. The summed E-state index contributed by atoms with van der Waals surface area (Å²) in [5.74, 6) is -1.19. The SMILES string of the molecule is CCCCCCc1cccc2c3n(nc12)CC(C(C)(C)C)n1cc(C(=O)O)c(=O)cc1-3. The Morgan fingerprint density at radius 3 is 2.68 bits per heavy atom. The van der Waals surface area contributed by atoms with Crippen molar-refractivity contribution >= 4 is 16.9 Å². The summed E-state index contributed by atoms with van der Waals surface area (Å²) >= 11 is 0. The molecule has 31 heavy (non-hydrogen) atoms. The number of aromatic nitrogens is 3. The van der Waals surface area contributed by atoms with E-state index >= 15 is 0 Å². The Morgan fingerprint density at radius 2 is 2.00 bits per heavy atom. The first kappa shape index (κ1) is 21.3. The van der Waals surface area contributed by atoms with Crippen molar-refractivity contribution < 1.29 is 9.90 Å². The molecule has 3 heterocycles. The maximum absolute atomic E-state index is 12.6. The Morgan fingerprint density at radius 1 is 1.23 bits per heavy atom. The number of fused-ring (bicyclic) bond motifs is 5. The monoisotopic (exact) mass is 421 g/mol. The van der Waals surface area contributed by atoms with E-state index in [-0.39, 0.29) is 17.0 Å². The van der Waals surface area contributed by atoms with Crippen molar-refractivity contribution in [2.45, 2.75) is 72.4 Å². The lowest BCUT2D eigenvalue weighted by atomic mass is 9.85. The van der Waals surface area contributed by atoms with Gasteiger partial charge in [0, 0.05) is 17.6 Å². The van der Waals surface area contributed by atoms with Crippen LogP contribution in [0.15, 0.2) is 35.3 Å². The second-order valence-corrected chi connectivity index (χ2v) is 9.69. The van der Waals surface area contributed by atoms with Crippen LogP contribution in [0.5, 0.6) is 0 Å². The van der Waals surface area contributed by atoms with Gasteiger partial charge in [0.15, 0.2) is 5.43 Å². The van der Waals surface area contributed by atoms with Gasteiger partial charge in [-0.3, -0.25) is 9.48 Å². The predicted octanol–water partition coefficient (Wildman–Crippen LogP) is 5.29. The number of aromatic carboxylic acids is 1. The predicted molar refractivity (Wildman–Crippen MR) is 123 cm³/mol. The van der Waals surface area contributed by atoms with Gasteiger partial charge in [0.1, 0.15) is 5.56 Å². The van der Waals surface area contributed by atoms with Crippen LogP contribution < -0.4 is 5.43 Å². The molecule has 0 spiro atoms. The Balaban J connectivity index is 1.90. The van der Waals surface area contributed by atoms with Crippen LogP contribution in [0.25, 0.3) is 22.3 Å². The van der Waals surface area contributed by atoms with Gasteiger partial charge in [-0.2, -0.15) is 5.10 Å². The normalized spacial score (nSPS) is 15.7. The Bertz CT molecular complexity index is 1200. The van der Waals surface area contributed by atoms with Crippen molar-refractivity contribution in [3.8, 4) is 11.4 Å². The van der Waals surface area contributed by atoms with Gasteiger partial charge in [-0.05, 0) is 23.8 Å². The molecule has 164 valence electrons. The molecule has 6 heteroatoms. The molecule has 1 N–H and O–H groups in total. The van der Waals surface area contributed by atoms with Crippen LogP contribution >= 0.6 is 0 Å². The van der Waals surface area contributed by atoms with Gasteiger partial charge in [-0.15, -0.1) is 0 Å². The number of carboxylic acids is 1. The summed E-state index contributed by atoms with van der Waals surface area (Å²) in [6.45, 7) is 9.25. The van der Waals surface area contributed by atoms with Crippen LogP contribution in [0, 0.1) is 5.41 Å². The van der Waals surface area contributed by atoms with Crippen LogP contribution in [0.3, 0.4) is 0 Å². The van der Waals surface area contributed by atoms with Crippen molar-refractivity contribution in [3.05, 3.63) is 51.8 Å². The number of carboxylic acid groups (broad SMARTS) is 1. The second kappa shape index (κ2) is 7.98. The first-order chi connectivity index (χ1) is 14.7. The molecule has 0 fully saturated rings. The molecule has 0 radical (unpaired) electrons. The van der Waals surface area contributed by atoms with Gasteiger partial charge in [0.05, 0.1) is 29.5 Å². The second-order valence-electron chi connectivity index (χ2n) is 9.69. The topological polar surface area (TPSA) is 77.1 Å². The van der Waals surface area contributed by atoms with E-state index in [0.29, 0.717) is 6.54 Å². The third kappa shape index (κ3) is 3.80. The summed E-state index contributed by atoms with van der Waals surface area (Å²) in [7, 11) is 0. The van der Waals surface area contributed by atoms with Crippen molar-refractivity contribution in [2.75, 3.05) is 0 Å². The molecule has 1 aliphatic rings. The lowest BCUT2D eigenvalue weighted by molar-refractivity contribution is 0.0693. The number of hydrogen-bond donors (Lipinski definition) is 1. The number of carbonyl (C=O) groups is 1. The molecule has 3 aromatic rings. The summed E-state index contributed by atoms with van der Waals surface area (Å²) in [5.41, 5.74) is 3.07. The van der Waals surface area contributed by atoms with Crippen molar-refractivity contribution in [1.82, 2.24) is 14.3 Å². The quantitative estimate of drug-likeness (QED) is 0.549. The van der Waals surface area contributed by atoms with Crippen LogP contribution in [0.2, 0.25) is 0 Å². The third-order valence-electron chi connectivity index (χ3n) is 6.39. The summed E-state index contributed by atoms with van der Waals surface area (Å²) in [5, 5.41) is 15.5. The molecule has 0 amide bonds. The molecule has 0 saturated heterocycles. The average Bonchev–Trinajstić information content (AvgIpc) is 3.09. The number of unbranched alkanes of at least 4 members (excludes halogenated alkanes) is 3. The Kier molecular flexibility index (Phi) is 5.50. The Hall–Kier alpha value is -2.89. The zero-order chi connectivity index (χ0) is 22.3. The third-order valence-corrected chi connectivity index (χ3v) is 6.39. The summed E-state index contributed by atoms with van der Waals surface area (Å²) < 4.78 is 4.00. The van der Waals surface area contributed by atoms with Gasteiger partial charge in [-0.1, -0.05) is 65.2 Å². The number of nitrogens with zero attached hydrogens (tertiary/aromatic N) is 3. The molecule has 1 unspecified atom stereocenters. The molecule has 1 aromatic carbocycles. The number of hydrogen-bond acceptors (Lipinski definition) is 3. The van der Waals surface area contributed by atoms with E-state index in [4.69, 9.17) is 5.10 Å².